The molecule has 400 valence electrons. The van der Waals surface area contributed by atoms with Gasteiger partial charge in [-0.25, -0.2) is 23.2 Å². The van der Waals surface area contributed by atoms with Crippen molar-refractivity contribution in [1.29, 1.82) is 0 Å². The van der Waals surface area contributed by atoms with Crippen molar-refractivity contribution in [3.8, 4) is 22.3 Å². The number of hydrogen-bond donors (Lipinski definition) is 5. The summed E-state index contributed by atoms with van der Waals surface area (Å²) >= 11 is 0. The maximum atomic E-state index is 16.1. The SMILES string of the molecule is CC1(C(=O)N[C@H](C(=O)N[C@@H](Cc2ccc(-c3cnn(C(F)F)c3)cc2)[C@@H](O)CN(Cc2c(F)cc(-c3cnn(C(F)F)c3)cc2F)NC(=O)[C@@H](NC(=O)C2(C)CC2)C(C)(C)C(F)(F)F)C(C)(C)C(F)(F)F)CC1. The molecule has 6 rings (SSSR count). The van der Waals surface area contributed by atoms with Gasteiger partial charge in [0.1, 0.15) is 23.7 Å². The number of nitrogens with one attached hydrogen (secondary N) is 4. The largest absolute Gasteiger partial charge is 0.396 e. The predicted molar refractivity (Wildman–Crippen MR) is 236 cm³/mol. The first-order chi connectivity index (χ1) is 33.7. The molecular weight excluding hydrogens is 999 g/mol. The molecule has 2 saturated carbocycles. The van der Waals surface area contributed by atoms with E-state index in [-0.39, 0.29) is 39.8 Å². The maximum absolute atomic E-state index is 16.1. The van der Waals surface area contributed by atoms with Crippen molar-refractivity contribution in [2.24, 2.45) is 21.7 Å². The Hall–Kier alpha value is -6.18. The van der Waals surface area contributed by atoms with E-state index >= 15 is 8.78 Å². The quantitative estimate of drug-likeness (QED) is 0.0411. The third kappa shape index (κ3) is 12.6. The first kappa shape index (κ1) is 56.1. The van der Waals surface area contributed by atoms with Crippen molar-refractivity contribution in [1.82, 2.24) is 45.9 Å². The molecule has 0 saturated heterocycles. The van der Waals surface area contributed by atoms with Crippen LogP contribution in [0.3, 0.4) is 0 Å². The third-order valence-corrected chi connectivity index (χ3v) is 13.7. The number of alkyl halides is 10. The lowest BCUT2D eigenvalue weighted by molar-refractivity contribution is -0.222. The van der Waals surface area contributed by atoms with Crippen molar-refractivity contribution in [3.63, 3.8) is 0 Å². The van der Waals surface area contributed by atoms with Crippen molar-refractivity contribution in [2.45, 2.75) is 130 Å². The van der Waals surface area contributed by atoms with Gasteiger partial charge in [-0.3, -0.25) is 24.6 Å². The Morgan fingerprint density at radius 3 is 1.49 bits per heavy atom. The lowest BCUT2D eigenvalue weighted by atomic mass is 9.82. The number of carbonyl (C=O) groups is 4. The van der Waals surface area contributed by atoms with Gasteiger partial charge in [0.25, 0.3) is 5.91 Å². The maximum Gasteiger partial charge on any atom is 0.396 e. The molecule has 4 aromatic rings. The zero-order chi connectivity index (χ0) is 54.4. The Morgan fingerprint density at radius 1 is 0.671 bits per heavy atom. The number of hydrogen-bond acceptors (Lipinski definition) is 8. The zero-order valence-corrected chi connectivity index (χ0v) is 40.0. The van der Waals surface area contributed by atoms with Crippen LogP contribution in [-0.4, -0.2) is 96.4 Å². The number of amides is 4. The second-order valence-corrected chi connectivity index (χ2v) is 20.2. The molecule has 2 aromatic carbocycles. The zero-order valence-electron chi connectivity index (χ0n) is 40.0. The van der Waals surface area contributed by atoms with E-state index in [1.807, 2.05) is 0 Å². The van der Waals surface area contributed by atoms with Crippen LogP contribution in [0.2, 0.25) is 0 Å². The Morgan fingerprint density at radius 2 is 1.10 bits per heavy atom. The summed E-state index contributed by atoms with van der Waals surface area (Å²) in [6, 6.07) is 0.389. The molecule has 2 aliphatic rings. The molecule has 0 bridgehead atoms. The molecule has 4 atom stereocenters. The van der Waals surface area contributed by atoms with Crippen LogP contribution in [0.15, 0.2) is 61.2 Å². The van der Waals surface area contributed by atoms with E-state index in [9.17, 15) is 68.2 Å². The monoisotopic (exact) mass is 1050 g/mol. The lowest BCUT2D eigenvalue weighted by Crippen LogP contribution is -2.64. The summed E-state index contributed by atoms with van der Waals surface area (Å²) < 4.78 is 174. The first-order valence-electron chi connectivity index (χ1n) is 22.7. The second-order valence-electron chi connectivity index (χ2n) is 20.2. The summed E-state index contributed by atoms with van der Waals surface area (Å²) in [5, 5.41) is 26.3. The molecule has 0 radical (unpaired) electrons. The summed E-state index contributed by atoms with van der Waals surface area (Å²) in [7, 11) is 0. The number of aliphatic hydroxyl groups excluding tert-OH is 1. The molecule has 5 N–H and O–H groups in total. The highest BCUT2D eigenvalue weighted by Crippen LogP contribution is 2.48. The lowest BCUT2D eigenvalue weighted by Gasteiger charge is -2.39. The average Bonchev–Trinajstić information content (AvgIpc) is 4.06. The minimum atomic E-state index is -5.19. The number of carbonyl (C=O) groups excluding carboxylic acids is 4. The molecule has 2 heterocycles. The van der Waals surface area contributed by atoms with Crippen molar-refractivity contribution >= 4 is 23.6 Å². The number of benzene rings is 2. The number of aliphatic hydroxyl groups is 1. The van der Waals surface area contributed by atoms with Crippen molar-refractivity contribution < 1.29 is 77.0 Å². The number of halogens is 12. The van der Waals surface area contributed by atoms with Gasteiger partial charge >= 0.3 is 25.5 Å². The fourth-order valence-corrected chi connectivity index (χ4v) is 7.57. The number of nitrogens with zero attached hydrogens (tertiary/aromatic N) is 5. The molecule has 2 aromatic heterocycles. The molecule has 2 fully saturated rings. The predicted octanol–water partition coefficient (Wildman–Crippen LogP) is 8.15. The smallest absolute Gasteiger partial charge is 0.390 e. The summed E-state index contributed by atoms with van der Waals surface area (Å²) in [6.45, 7) is -2.95. The fourth-order valence-electron chi connectivity index (χ4n) is 7.57. The van der Waals surface area contributed by atoms with E-state index in [0.29, 0.717) is 67.9 Å². The Balaban J connectivity index is 1.40. The van der Waals surface area contributed by atoms with E-state index in [0.717, 1.165) is 24.8 Å². The molecule has 0 unspecified atom stereocenters. The number of aromatic nitrogens is 4. The van der Waals surface area contributed by atoms with Crippen molar-refractivity contribution in [3.05, 3.63) is 83.9 Å². The van der Waals surface area contributed by atoms with Crippen molar-refractivity contribution in [2.75, 3.05) is 6.54 Å². The van der Waals surface area contributed by atoms with Crippen LogP contribution in [0, 0.1) is 33.3 Å². The molecule has 14 nitrogen and oxygen atoms in total. The van der Waals surface area contributed by atoms with Crippen LogP contribution in [0.25, 0.3) is 22.3 Å². The average molecular weight is 1050 g/mol. The number of hydrazine groups is 1. The first-order valence-corrected chi connectivity index (χ1v) is 22.7. The fraction of sp³-hybridized carbons (Fsp3) is 0.532. The van der Waals surface area contributed by atoms with Crippen LogP contribution < -0.4 is 21.4 Å². The van der Waals surface area contributed by atoms with Gasteiger partial charge < -0.3 is 21.1 Å². The second kappa shape index (κ2) is 20.6. The molecule has 73 heavy (non-hydrogen) atoms. The van der Waals surface area contributed by atoms with Gasteiger partial charge in [-0.2, -0.15) is 54.1 Å². The minimum absolute atomic E-state index is 0.174. The highest BCUT2D eigenvalue weighted by atomic mass is 19.4. The van der Waals surface area contributed by atoms with Gasteiger partial charge in [0.2, 0.25) is 17.7 Å². The van der Waals surface area contributed by atoms with Gasteiger partial charge in [0.05, 0.1) is 35.4 Å². The van der Waals surface area contributed by atoms with E-state index in [4.69, 9.17) is 0 Å². The van der Waals surface area contributed by atoms with Gasteiger partial charge in [0.15, 0.2) is 0 Å². The standard InChI is InChI=1S/C47H53F12N9O5/c1-42(2,46(54,55)56)34(63-38(72)44(5)11-12-44)36(70)62-32(15-24-7-9-25(10-8-24)27-18-60-67(20-27)40(50)51)33(69)23-66(22-29-30(48)16-26(17-31(29)49)28-19-61-68(21-28)41(52)53)65-37(71)35(43(3,4)47(57,58)59)64-39(73)45(6)13-14-45/h7-10,16-21,32-35,40-41,69H,11-15,22-23H2,1-6H3,(H,62,70)(H,63,72)(H,64,73)(H,65,71)/t32-,33-,34+,35+/m0/s1. The van der Waals surface area contributed by atoms with Crippen LogP contribution in [0.4, 0.5) is 52.7 Å². The van der Waals surface area contributed by atoms with Gasteiger partial charge in [-0.1, -0.05) is 38.1 Å². The van der Waals surface area contributed by atoms with Crippen LogP contribution in [-0.2, 0) is 32.1 Å². The van der Waals surface area contributed by atoms with Gasteiger partial charge in [-0.05, 0) is 88.6 Å². The van der Waals surface area contributed by atoms with E-state index < -0.39 is 132 Å². The Kier molecular flexibility index (Phi) is 15.8. The van der Waals surface area contributed by atoms with E-state index in [1.165, 1.54) is 38.1 Å². The molecule has 2 aliphatic carbocycles. The molecule has 4 amide bonds. The summed E-state index contributed by atoms with van der Waals surface area (Å²) in [6.07, 6.45) is -8.07. The third-order valence-electron chi connectivity index (χ3n) is 13.7. The molecular formula is C47H53F12N9O5. The van der Waals surface area contributed by atoms with Gasteiger partial charge in [0, 0.05) is 53.0 Å². The minimum Gasteiger partial charge on any atom is -0.390 e. The molecule has 0 aliphatic heterocycles. The molecule has 26 heteroatoms. The normalized spacial score (nSPS) is 17.2. The summed E-state index contributed by atoms with van der Waals surface area (Å²) in [5.41, 5.74) is -6.80. The topological polar surface area (TPSA) is 176 Å². The van der Waals surface area contributed by atoms with Crippen LogP contribution >= 0.6 is 0 Å². The Labute approximate surface area is 410 Å². The number of rotatable bonds is 21. The summed E-state index contributed by atoms with van der Waals surface area (Å²) in [4.78, 5) is 54.9. The highest BCUT2D eigenvalue weighted by molar-refractivity contribution is 5.92. The highest BCUT2D eigenvalue weighted by Gasteiger charge is 2.59. The van der Waals surface area contributed by atoms with Crippen LogP contribution in [0.1, 0.15) is 91.5 Å². The molecule has 0 spiro atoms. The summed E-state index contributed by atoms with van der Waals surface area (Å²) in [5.74, 6) is -7.73. The Bertz CT molecular complexity index is 2640. The van der Waals surface area contributed by atoms with Crippen LogP contribution in [0.5, 0.6) is 0 Å². The van der Waals surface area contributed by atoms with E-state index in [1.54, 1.807) is 0 Å². The van der Waals surface area contributed by atoms with E-state index in [2.05, 4.69) is 31.6 Å². The van der Waals surface area contributed by atoms with Gasteiger partial charge in [-0.15, -0.1) is 0 Å².